The molecular weight excluding hydrogens is 432 g/mol. The van der Waals surface area contributed by atoms with Crippen molar-refractivity contribution in [2.75, 3.05) is 6.54 Å². The number of tetrazole rings is 1. The fourth-order valence-corrected chi connectivity index (χ4v) is 4.96. The fraction of sp³-hybridized carbons (Fsp3) is 0.640. The summed E-state index contributed by atoms with van der Waals surface area (Å²) in [5, 5.41) is 16.0. The van der Waals surface area contributed by atoms with E-state index in [0.29, 0.717) is 18.9 Å². The summed E-state index contributed by atoms with van der Waals surface area (Å²) >= 11 is 0. The zero-order chi connectivity index (χ0) is 24.1. The Morgan fingerprint density at radius 3 is 2.53 bits per heavy atom. The molecule has 2 unspecified atom stereocenters. The van der Waals surface area contributed by atoms with Gasteiger partial charge >= 0.3 is 6.09 Å². The first-order valence-electron chi connectivity index (χ1n) is 12.4. The van der Waals surface area contributed by atoms with Gasteiger partial charge in [0, 0.05) is 6.54 Å². The lowest BCUT2D eigenvalue weighted by atomic mass is 9.83. The van der Waals surface area contributed by atoms with Crippen LogP contribution in [0.2, 0.25) is 0 Å². The molecule has 184 valence electrons. The van der Waals surface area contributed by atoms with E-state index in [9.17, 15) is 9.59 Å². The molecule has 9 heteroatoms. The summed E-state index contributed by atoms with van der Waals surface area (Å²) in [4.78, 5) is 29.8. The SMILES string of the molecule is CC(C)(C)OC(=O)NC(C(=O)N1CCCC1c1nnn(Cc2ccccc2)n1)C1CCCCC1. The van der Waals surface area contributed by atoms with Crippen molar-refractivity contribution in [1.29, 1.82) is 0 Å². The van der Waals surface area contributed by atoms with Crippen molar-refractivity contribution in [1.82, 2.24) is 30.4 Å². The van der Waals surface area contributed by atoms with Crippen LogP contribution in [0, 0.1) is 5.92 Å². The molecule has 0 spiro atoms. The summed E-state index contributed by atoms with van der Waals surface area (Å²) < 4.78 is 5.48. The van der Waals surface area contributed by atoms with Crippen LogP contribution in [-0.2, 0) is 16.1 Å². The van der Waals surface area contributed by atoms with Gasteiger partial charge in [0.2, 0.25) is 5.91 Å². The molecule has 2 heterocycles. The lowest BCUT2D eigenvalue weighted by Gasteiger charge is -2.34. The van der Waals surface area contributed by atoms with E-state index in [1.165, 1.54) is 6.42 Å². The van der Waals surface area contributed by atoms with Crippen LogP contribution < -0.4 is 5.32 Å². The van der Waals surface area contributed by atoms with Crippen molar-refractivity contribution in [3.05, 3.63) is 41.7 Å². The van der Waals surface area contributed by atoms with Gasteiger partial charge in [0.25, 0.3) is 0 Å². The normalized spacial score (nSPS) is 20.2. The minimum Gasteiger partial charge on any atom is -0.444 e. The fourth-order valence-electron chi connectivity index (χ4n) is 4.96. The third kappa shape index (κ3) is 6.12. The largest absolute Gasteiger partial charge is 0.444 e. The molecule has 1 aromatic carbocycles. The molecule has 1 aliphatic carbocycles. The monoisotopic (exact) mass is 468 g/mol. The summed E-state index contributed by atoms with van der Waals surface area (Å²) in [5.41, 5.74) is 0.464. The molecule has 0 bridgehead atoms. The van der Waals surface area contributed by atoms with Crippen LogP contribution in [0.25, 0.3) is 0 Å². The Balaban J connectivity index is 1.49. The predicted octanol–water partition coefficient (Wildman–Crippen LogP) is 3.86. The summed E-state index contributed by atoms with van der Waals surface area (Å²) in [6, 6.07) is 9.14. The minimum atomic E-state index is -0.623. The summed E-state index contributed by atoms with van der Waals surface area (Å²) in [7, 11) is 0. The van der Waals surface area contributed by atoms with Gasteiger partial charge in [-0.2, -0.15) is 4.80 Å². The van der Waals surface area contributed by atoms with Gasteiger partial charge in [0.1, 0.15) is 11.6 Å². The smallest absolute Gasteiger partial charge is 0.408 e. The minimum absolute atomic E-state index is 0.0698. The van der Waals surface area contributed by atoms with Crippen LogP contribution in [0.1, 0.15) is 83.1 Å². The quantitative estimate of drug-likeness (QED) is 0.691. The number of likely N-dealkylation sites (tertiary alicyclic amines) is 1. The van der Waals surface area contributed by atoms with Crippen LogP contribution in [0.15, 0.2) is 30.3 Å². The van der Waals surface area contributed by atoms with Gasteiger partial charge in [-0.25, -0.2) is 4.79 Å². The first-order valence-corrected chi connectivity index (χ1v) is 12.4. The third-order valence-corrected chi connectivity index (χ3v) is 6.53. The Kier molecular flexibility index (Phi) is 7.48. The van der Waals surface area contributed by atoms with Crippen molar-refractivity contribution < 1.29 is 14.3 Å². The van der Waals surface area contributed by atoms with Crippen LogP contribution >= 0.6 is 0 Å². The molecule has 2 aliphatic rings. The maximum Gasteiger partial charge on any atom is 0.408 e. The second kappa shape index (κ2) is 10.5. The van der Waals surface area contributed by atoms with Gasteiger partial charge in [-0.3, -0.25) is 4.79 Å². The zero-order valence-electron chi connectivity index (χ0n) is 20.4. The number of ether oxygens (including phenoxy) is 1. The Morgan fingerprint density at radius 2 is 1.82 bits per heavy atom. The second-order valence-corrected chi connectivity index (χ2v) is 10.4. The molecule has 2 aromatic rings. The Morgan fingerprint density at radius 1 is 1.09 bits per heavy atom. The van der Waals surface area contributed by atoms with Crippen LogP contribution in [0.3, 0.4) is 0 Å². The molecule has 2 amide bonds. The van der Waals surface area contributed by atoms with E-state index in [-0.39, 0.29) is 17.9 Å². The Bertz CT molecular complexity index is 965. The van der Waals surface area contributed by atoms with E-state index in [4.69, 9.17) is 4.74 Å². The van der Waals surface area contributed by atoms with Gasteiger partial charge < -0.3 is 15.0 Å². The van der Waals surface area contributed by atoms with E-state index in [0.717, 1.165) is 44.1 Å². The second-order valence-electron chi connectivity index (χ2n) is 10.4. The van der Waals surface area contributed by atoms with E-state index >= 15 is 0 Å². The first kappa shape index (κ1) is 24.2. The van der Waals surface area contributed by atoms with E-state index < -0.39 is 17.7 Å². The molecule has 1 aliphatic heterocycles. The highest BCUT2D eigenvalue weighted by atomic mass is 16.6. The maximum absolute atomic E-state index is 13.8. The molecule has 1 saturated carbocycles. The molecule has 1 saturated heterocycles. The Hall–Kier alpha value is -2.97. The van der Waals surface area contributed by atoms with Crippen molar-refractivity contribution in [3.63, 3.8) is 0 Å². The molecule has 1 N–H and O–H groups in total. The van der Waals surface area contributed by atoms with Crippen molar-refractivity contribution >= 4 is 12.0 Å². The number of rotatable bonds is 6. The molecule has 4 rings (SSSR count). The third-order valence-electron chi connectivity index (χ3n) is 6.53. The van der Waals surface area contributed by atoms with Gasteiger partial charge in [-0.05, 0) is 63.1 Å². The van der Waals surface area contributed by atoms with E-state index in [2.05, 4.69) is 20.7 Å². The van der Waals surface area contributed by atoms with Crippen LogP contribution in [0.5, 0.6) is 0 Å². The molecular formula is C25H36N6O3. The lowest BCUT2D eigenvalue weighted by molar-refractivity contribution is -0.136. The lowest BCUT2D eigenvalue weighted by Crippen LogP contribution is -2.53. The topological polar surface area (TPSA) is 102 Å². The number of aromatic nitrogens is 4. The van der Waals surface area contributed by atoms with Gasteiger partial charge in [0.15, 0.2) is 5.82 Å². The van der Waals surface area contributed by atoms with Crippen molar-refractivity contribution in [3.8, 4) is 0 Å². The number of nitrogens with one attached hydrogen (secondary N) is 1. The van der Waals surface area contributed by atoms with Gasteiger partial charge in [0.05, 0.1) is 12.6 Å². The van der Waals surface area contributed by atoms with E-state index in [1.54, 1.807) is 4.80 Å². The number of benzene rings is 1. The maximum atomic E-state index is 13.8. The van der Waals surface area contributed by atoms with Gasteiger partial charge in [-0.1, -0.05) is 49.6 Å². The number of nitrogens with zero attached hydrogens (tertiary/aromatic N) is 5. The standard InChI is InChI=1S/C25H36N6O3/c1-25(2,3)34-24(33)26-21(19-13-8-5-9-14-19)23(32)30-16-10-15-20(30)22-27-29-31(28-22)17-18-11-6-4-7-12-18/h4,6-7,11-12,19-21H,5,8-10,13-17H2,1-3H3,(H,26,33). The number of amides is 2. The van der Waals surface area contributed by atoms with E-state index in [1.807, 2.05) is 56.0 Å². The highest BCUT2D eigenvalue weighted by molar-refractivity contribution is 5.86. The highest BCUT2D eigenvalue weighted by Gasteiger charge is 2.40. The molecule has 2 fully saturated rings. The number of hydrogen-bond acceptors (Lipinski definition) is 6. The first-order chi connectivity index (χ1) is 16.3. The highest BCUT2D eigenvalue weighted by Crippen LogP contribution is 2.33. The molecule has 1 aromatic heterocycles. The van der Waals surface area contributed by atoms with Crippen LogP contribution in [-0.4, -0.2) is 55.3 Å². The van der Waals surface area contributed by atoms with Crippen molar-refractivity contribution in [2.45, 2.75) is 89.9 Å². The van der Waals surface area contributed by atoms with Crippen molar-refractivity contribution in [2.24, 2.45) is 5.92 Å². The summed E-state index contributed by atoms with van der Waals surface area (Å²) in [6.45, 7) is 6.62. The number of hydrogen-bond donors (Lipinski definition) is 1. The molecule has 34 heavy (non-hydrogen) atoms. The summed E-state index contributed by atoms with van der Waals surface area (Å²) in [5.74, 6) is 0.595. The molecule has 0 radical (unpaired) electrons. The predicted molar refractivity (Wildman–Crippen MR) is 127 cm³/mol. The van der Waals surface area contributed by atoms with Gasteiger partial charge in [-0.15, -0.1) is 10.2 Å². The molecule has 2 atom stereocenters. The van der Waals surface area contributed by atoms with Crippen LogP contribution in [0.4, 0.5) is 4.79 Å². The summed E-state index contributed by atoms with van der Waals surface area (Å²) in [6.07, 6.45) is 6.28. The Labute approximate surface area is 201 Å². The number of carbonyl (C=O) groups excluding carboxylic acids is 2. The average molecular weight is 469 g/mol. The number of alkyl carbamates (subject to hydrolysis) is 1. The average Bonchev–Trinajstić information content (AvgIpc) is 3.47. The zero-order valence-corrected chi connectivity index (χ0v) is 20.4. The number of carbonyl (C=O) groups is 2. The molecule has 9 nitrogen and oxygen atoms in total.